The van der Waals surface area contributed by atoms with Crippen molar-refractivity contribution in [3.8, 4) is 5.75 Å². The Morgan fingerprint density at radius 3 is 2.62 bits per heavy atom. The number of alkyl carbamates (subject to hydrolysis) is 1. The number of amides is 1. The minimum Gasteiger partial charge on any atom is -0.506 e. The summed E-state index contributed by atoms with van der Waals surface area (Å²) in [5.74, 6) is -0.248. The molecule has 0 saturated carbocycles. The second-order valence-electron chi connectivity index (χ2n) is 5.43. The Bertz CT molecular complexity index is 504. The van der Waals surface area contributed by atoms with Crippen LogP contribution in [0.3, 0.4) is 0 Å². The minimum absolute atomic E-state index is 0.0807. The molecule has 0 aromatic carbocycles. The Morgan fingerprint density at radius 1 is 1.43 bits per heavy atom. The van der Waals surface area contributed by atoms with Crippen LogP contribution in [-0.2, 0) is 4.74 Å². The van der Waals surface area contributed by atoms with Crippen LogP contribution in [0.4, 0.5) is 4.79 Å². The first-order chi connectivity index (χ1) is 9.60. The fourth-order valence-electron chi connectivity index (χ4n) is 1.46. The van der Waals surface area contributed by atoms with Crippen LogP contribution in [-0.4, -0.2) is 44.6 Å². The number of ether oxygens (including phenoxy) is 1. The van der Waals surface area contributed by atoms with Crippen molar-refractivity contribution in [2.75, 3.05) is 6.54 Å². The van der Waals surface area contributed by atoms with Gasteiger partial charge in [-0.1, -0.05) is 0 Å². The maximum Gasteiger partial charge on any atom is 0.407 e. The molecule has 1 heterocycles. The molecule has 1 amide bonds. The van der Waals surface area contributed by atoms with E-state index in [0.29, 0.717) is 4.60 Å². The molecule has 1 rings (SSSR count). The topological polar surface area (TPSA) is 112 Å². The van der Waals surface area contributed by atoms with E-state index in [1.54, 1.807) is 20.8 Å². The van der Waals surface area contributed by atoms with E-state index in [9.17, 15) is 20.1 Å². The molecular weight excluding hydrogens is 344 g/mol. The lowest BCUT2D eigenvalue weighted by Crippen LogP contribution is -2.39. The molecule has 0 fully saturated rings. The summed E-state index contributed by atoms with van der Waals surface area (Å²) in [6.45, 7) is 4.88. The first-order valence-electron chi connectivity index (χ1n) is 6.28. The van der Waals surface area contributed by atoms with Gasteiger partial charge in [0.15, 0.2) is 0 Å². The number of aliphatic hydroxyl groups is 2. The second-order valence-corrected chi connectivity index (χ2v) is 6.25. The summed E-state index contributed by atoms with van der Waals surface area (Å²) in [4.78, 5) is 15.3. The number of aliphatic hydroxyl groups excluding tert-OH is 2. The van der Waals surface area contributed by atoms with Gasteiger partial charge in [0.1, 0.15) is 33.9 Å². The average Bonchev–Trinajstić information content (AvgIpc) is 2.36. The lowest BCUT2D eigenvalue weighted by Gasteiger charge is -2.22. The molecule has 0 aliphatic carbocycles. The summed E-state index contributed by atoms with van der Waals surface area (Å²) in [5, 5.41) is 31.8. The van der Waals surface area contributed by atoms with Crippen LogP contribution in [0.1, 0.15) is 32.6 Å². The summed E-state index contributed by atoms with van der Waals surface area (Å²) < 4.78 is 5.41. The van der Waals surface area contributed by atoms with Crippen molar-refractivity contribution < 1.29 is 24.9 Å². The Balaban J connectivity index is 2.61. The molecule has 2 unspecified atom stereocenters. The Labute approximate surface area is 131 Å². The molecule has 1 aromatic heterocycles. The molecule has 0 saturated heterocycles. The van der Waals surface area contributed by atoms with Gasteiger partial charge in [-0.2, -0.15) is 0 Å². The van der Waals surface area contributed by atoms with Crippen LogP contribution in [0.2, 0.25) is 0 Å². The predicted molar refractivity (Wildman–Crippen MR) is 78.8 cm³/mol. The van der Waals surface area contributed by atoms with Gasteiger partial charge in [-0.3, -0.25) is 0 Å². The van der Waals surface area contributed by atoms with E-state index < -0.39 is 23.9 Å². The van der Waals surface area contributed by atoms with E-state index in [1.165, 1.54) is 12.1 Å². The first-order valence-corrected chi connectivity index (χ1v) is 7.08. The van der Waals surface area contributed by atoms with E-state index in [2.05, 4.69) is 26.2 Å². The zero-order valence-corrected chi connectivity index (χ0v) is 13.6. The number of halogens is 1. The number of carbonyl (C=O) groups excluding carboxylic acids is 1. The number of hydrogen-bond donors (Lipinski definition) is 4. The lowest BCUT2D eigenvalue weighted by atomic mass is 10.1. The van der Waals surface area contributed by atoms with E-state index in [-0.39, 0.29) is 18.0 Å². The smallest absolute Gasteiger partial charge is 0.407 e. The molecular formula is C13H19BrN2O5. The van der Waals surface area contributed by atoms with Crippen LogP contribution >= 0.6 is 15.9 Å². The number of carbonyl (C=O) groups is 1. The Morgan fingerprint density at radius 2 is 2.05 bits per heavy atom. The molecule has 21 heavy (non-hydrogen) atoms. The quantitative estimate of drug-likeness (QED) is 0.603. The summed E-state index contributed by atoms with van der Waals surface area (Å²) >= 11 is 3.10. The van der Waals surface area contributed by atoms with Crippen molar-refractivity contribution in [3.63, 3.8) is 0 Å². The van der Waals surface area contributed by atoms with Gasteiger partial charge in [0.2, 0.25) is 0 Å². The molecule has 4 N–H and O–H groups in total. The highest BCUT2D eigenvalue weighted by Gasteiger charge is 2.24. The third-order valence-corrected chi connectivity index (χ3v) is 2.81. The van der Waals surface area contributed by atoms with Crippen molar-refractivity contribution in [1.82, 2.24) is 10.3 Å². The van der Waals surface area contributed by atoms with Crippen LogP contribution < -0.4 is 5.32 Å². The summed E-state index contributed by atoms with van der Waals surface area (Å²) in [7, 11) is 0. The van der Waals surface area contributed by atoms with Crippen LogP contribution in [0.15, 0.2) is 16.7 Å². The normalized spacial score (nSPS) is 14.4. The van der Waals surface area contributed by atoms with Crippen molar-refractivity contribution in [3.05, 3.63) is 22.4 Å². The molecule has 0 aliphatic heterocycles. The van der Waals surface area contributed by atoms with Gasteiger partial charge in [-0.25, -0.2) is 9.78 Å². The highest BCUT2D eigenvalue weighted by molar-refractivity contribution is 9.10. The van der Waals surface area contributed by atoms with Crippen molar-refractivity contribution in [1.29, 1.82) is 0 Å². The fourth-order valence-corrected chi connectivity index (χ4v) is 1.78. The van der Waals surface area contributed by atoms with Crippen molar-refractivity contribution >= 4 is 22.0 Å². The highest BCUT2D eigenvalue weighted by atomic mass is 79.9. The first kappa shape index (κ1) is 17.7. The SMILES string of the molecule is CC(C)(C)OC(=O)NCC(O)C(O)c1nc(Br)ccc1O. The summed E-state index contributed by atoms with van der Waals surface area (Å²) in [6, 6.07) is 2.83. The monoisotopic (exact) mass is 362 g/mol. The van der Waals surface area contributed by atoms with Crippen molar-refractivity contribution in [2.24, 2.45) is 0 Å². The van der Waals surface area contributed by atoms with Gasteiger partial charge >= 0.3 is 6.09 Å². The van der Waals surface area contributed by atoms with Gasteiger partial charge < -0.3 is 25.4 Å². The number of aromatic hydroxyl groups is 1. The van der Waals surface area contributed by atoms with Crippen LogP contribution in [0, 0.1) is 0 Å². The molecule has 0 radical (unpaired) electrons. The maximum absolute atomic E-state index is 11.4. The van der Waals surface area contributed by atoms with E-state index >= 15 is 0 Å². The summed E-state index contributed by atoms with van der Waals surface area (Å²) in [5.41, 5.74) is -0.736. The lowest BCUT2D eigenvalue weighted by molar-refractivity contribution is 0.00967. The number of hydrogen-bond acceptors (Lipinski definition) is 6. The van der Waals surface area contributed by atoms with Crippen LogP contribution in [0.25, 0.3) is 0 Å². The van der Waals surface area contributed by atoms with Gasteiger partial charge in [0.25, 0.3) is 0 Å². The minimum atomic E-state index is -1.45. The van der Waals surface area contributed by atoms with E-state index in [4.69, 9.17) is 4.74 Å². The molecule has 2 atom stereocenters. The number of aromatic nitrogens is 1. The highest BCUT2D eigenvalue weighted by Crippen LogP contribution is 2.26. The largest absolute Gasteiger partial charge is 0.506 e. The molecule has 1 aromatic rings. The summed E-state index contributed by atoms with van der Waals surface area (Å²) in [6.07, 6.45) is -3.50. The number of nitrogens with zero attached hydrogens (tertiary/aromatic N) is 1. The predicted octanol–water partition coefficient (Wildman–Crippen LogP) is 1.47. The molecule has 118 valence electrons. The van der Waals surface area contributed by atoms with E-state index in [0.717, 1.165) is 0 Å². The van der Waals surface area contributed by atoms with Gasteiger partial charge in [0.05, 0.1) is 0 Å². The Hall–Kier alpha value is -1.38. The molecule has 8 heteroatoms. The third-order valence-electron chi connectivity index (χ3n) is 2.37. The zero-order chi connectivity index (χ0) is 16.2. The number of nitrogens with one attached hydrogen (secondary N) is 1. The molecule has 0 aliphatic rings. The van der Waals surface area contributed by atoms with Gasteiger partial charge in [-0.05, 0) is 48.8 Å². The third kappa shape index (κ3) is 5.86. The maximum atomic E-state index is 11.4. The molecule has 7 nitrogen and oxygen atoms in total. The average molecular weight is 363 g/mol. The molecule has 0 spiro atoms. The van der Waals surface area contributed by atoms with Crippen molar-refractivity contribution in [2.45, 2.75) is 38.6 Å². The molecule has 0 bridgehead atoms. The second kappa shape index (κ2) is 7.06. The Kier molecular flexibility index (Phi) is 5.94. The number of pyridine rings is 1. The van der Waals surface area contributed by atoms with Crippen LogP contribution in [0.5, 0.6) is 5.75 Å². The van der Waals surface area contributed by atoms with Gasteiger partial charge in [0, 0.05) is 6.54 Å². The van der Waals surface area contributed by atoms with E-state index in [1.807, 2.05) is 0 Å². The zero-order valence-electron chi connectivity index (χ0n) is 12.0. The number of rotatable bonds is 4. The van der Waals surface area contributed by atoms with Gasteiger partial charge in [-0.15, -0.1) is 0 Å². The fraction of sp³-hybridized carbons (Fsp3) is 0.538. The standard InChI is InChI=1S/C13H19BrN2O5/c1-13(2,3)21-12(20)15-6-8(18)11(19)10-7(17)4-5-9(14)16-10/h4-5,8,11,17-19H,6H2,1-3H3,(H,15,20).